The van der Waals surface area contributed by atoms with E-state index in [4.69, 9.17) is 5.73 Å². The van der Waals surface area contributed by atoms with Crippen molar-refractivity contribution in [2.24, 2.45) is 5.73 Å². The van der Waals surface area contributed by atoms with Crippen molar-refractivity contribution in [3.8, 4) is 5.75 Å². The van der Waals surface area contributed by atoms with E-state index in [1.54, 1.807) is 0 Å². The number of ether oxygens (including phenoxy) is 1. The van der Waals surface area contributed by atoms with Crippen LogP contribution in [0, 0.1) is 0 Å². The molecule has 0 aliphatic heterocycles. The van der Waals surface area contributed by atoms with Crippen molar-refractivity contribution >= 4 is 0 Å². The number of benzene rings is 1. The minimum absolute atomic E-state index is 0.259. The molecule has 114 valence electrons. The zero-order valence-electron chi connectivity index (χ0n) is 9.85. The van der Waals surface area contributed by atoms with Crippen LogP contribution in [0.25, 0.3) is 0 Å². The first kappa shape index (κ1) is 16.5. The molecule has 2 nitrogen and oxygen atoms in total. The van der Waals surface area contributed by atoms with Gasteiger partial charge in [0.15, 0.2) is 6.61 Å². The number of nitrogens with two attached hydrogens (primary N) is 1. The summed E-state index contributed by atoms with van der Waals surface area (Å²) in [6, 6.07) is 2.35. The summed E-state index contributed by atoms with van der Waals surface area (Å²) in [7, 11) is 0. The molecule has 20 heavy (non-hydrogen) atoms. The minimum atomic E-state index is -4.75. The van der Waals surface area contributed by atoms with E-state index in [1.807, 2.05) is 0 Å². The molecule has 0 amide bonds. The maximum atomic E-state index is 12.6. The molecule has 0 aromatic heterocycles. The Morgan fingerprint density at radius 3 is 2.15 bits per heavy atom. The number of hydrogen-bond acceptors (Lipinski definition) is 2. The van der Waals surface area contributed by atoms with Gasteiger partial charge >= 0.3 is 18.5 Å². The average Bonchev–Trinajstić information content (AvgIpc) is 2.35. The van der Waals surface area contributed by atoms with Gasteiger partial charge in [0.25, 0.3) is 0 Å². The predicted octanol–water partition coefficient (Wildman–Crippen LogP) is 3.44. The molecule has 1 rings (SSSR count). The Labute approximate surface area is 109 Å². The summed E-state index contributed by atoms with van der Waals surface area (Å²) < 4.78 is 91.2. The summed E-state index contributed by atoms with van der Waals surface area (Å²) in [6.07, 6.45) is -8.72. The number of halogens is 7. The number of alkyl halides is 7. The van der Waals surface area contributed by atoms with Gasteiger partial charge in [-0.05, 0) is 17.7 Å². The van der Waals surface area contributed by atoms with Gasteiger partial charge in [-0.3, -0.25) is 0 Å². The fourth-order valence-electron chi connectivity index (χ4n) is 1.33. The molecule has 9 heteroatoms. The van der Waals surface area contributed by atoms with Gasteiger partial charge in [-0.1, -0.05) is 6.07 Å². The lowest BCUT2D eigenvalue weighted by molar-refractivity contribution is -0.148. The van der Waals surface area contributed by atoms with E-state index in [9.17, 15) is 30.7 Å². The molecule has 0 radical (unpaired) electrons. The number of hydrogen-bond donors (Lipinski definition) is 1. The highest BCUT2D eigenvalue weighted by Gasteiger charge is 2.42. The molecule has 1 aromatic carbocycles. The third kappa shape index (κ3) is 3.99. The normalized spacial score (nSPS) is 12.8. The van der Waals surface area contributed by atoms with Crippen LogP contribution in [0.1, 0.15) is 11.1 Å². The standard InChI is InChI=1S/C11H10F7NO/c12-9(13)10(14,15)5-20-7-2-1-6(4-19)8(3-7)11(16,17)18/h1-3,9H,4-5,19H2. The van der Waals surface area contributed by atoms with Crippen LogP contribution in [-0.2, 0) is 12.7 Å². The first-order valence-electron chi connectivity index (χ1n) is 5.27. The Kier molecular flexibility index (Phi) is 4.85. The summed E-state index contributed by atoms with van der Waals surface area (Å²) in [5, 5.41) is 0. The third-order valence-corrected chi connectivity index (χ3v) is 2.36. The average molecular weight is 305 g/mol. The molecular weight excluding hydrogens is 295 g/mol. The van der Waals surface area contributed by atoms with Crippen LogP contribution < -0.4 is 10.5 Å². The highest BCUT2D eigenvalue weighted by Crippen LogP contribution is 2.34. The molecule has 0 spiro atoms. The van der Waals surface area contributed by atoms with E-state index < -0.39 is 43.0 Å². The minimum Gasteiger partial charge on any atom is -0.487 e. The van der Waals surface area contributed by atoms with Crippen molar-refractivity contribution in [1.29, 1.82) is 0 Å². The molecule has 0 saturated carbocycles. The second-order valence-corrected chi connectivity index (χ2v) is 3.87. The van der Waals surface area contributed by atoms with Gasteiger partial charge in [0.05, 0.1) is 5.56 Å². The van der Waals surface area contributed by atoms with E-state index in [0.29, 0.717) is 6.07 Å². The van der Waals surface area contributed by atoms with Crippen LogP contribution >= 0.6 is 0 Å². The predicted molar refractivity (Wildman–Crippen MR) is 55.8 cm³/mol. The van der Waals surface area contributed by atoms with Gasteiger partial charge in [0.2, 0.25) is 0 Å². The number of rotatable bonds is 5. The van der Waals surface area contributed by atoms with Gasteiger partial charge < -0.3 is 10.5 Å². The zero-order valence-corrected chi connectivity index (χ0v) is 9.85. The first-order chi connectivity index (χ1) is 9.08. The Hall–Kier alpha value is -1.51. The molecule has 0 unspecified atom stereocenters. The highest BCUT2D eigenvalue weighted by molar-refractivity contribution is 5.37. The van der Waals surface area contributed by atoms with E-state index in [0.717, 1.165) is 12.1 Å². The lowest BCUT2D eigenvalue weighted by Gasteiger charge is -2.17. The van der Waals surface area contributed by atoms with Crippen molar-refractivity contribution in [2.75, 3.05) is 6.61 Å². The van der Waals surface area contributed by atoms with Crippen LogP contribution in [0.15, 0.2) is 18.2 Å². The molecule has 0 heterocycles. The second-order valence-electron chi connectivity index (χ2n) is 3.87. The van der Waals surface area contributed by atoms with Gasteiger partial charge in [-0.25, -0.2) is 8.78 Å². The maximum Gasteiger partial charge on any atom is 0.416 e. The summed E-state index contributed by atoms with van der Waals surface area (Å²) in [5.41, 5.74) is 3.71. The highest BCUT2D eigenvalue weighted by atomic mass is 19.4. The van der Waals surface area contributed by atoms with Crippen molar-refractivity contribution in [3.63, 3.8) is 0 Å². The van der Waals surface area contributed by atoms with Crippen molar-refractivity contribution < 1.29 is 35.5 Å². The SMILES string of the molecule is NCc1ccc(OCC(F)(F)C(F)F)cc1C(F)(F)F. The molecular formula is C11H10F7NO. The smallest absolute Gasteiger partial charge is 0.416 e. The molecule has 0 aliphatic carbocycles. The fourth-order valence-corrected chi connectivity index (χ4v) is 1.33. The maximum absolute atomic E-state index is 12.6. The largest absolute Gasteiger partial charge is 0.487 e. The summed E-state index contributed by atoms with van der Waals surface area (Å²) in [6.45, 7) is -2.13. The molecule has 2 N–H and O–H groups in total. The van der Waals surface area contributed by atoms with Gasteiger partial charge in [-0.15, -0.1) is 0 Å². The topological polar surface area (TPSA) is 35.2 Å². The van der Waals surface area contributed by atoms with E-state index >= 15 is 0 Å². The molecule has 0 aliphatic rings. The van der Waals surface area contributed by atoms with Crippen LogP contribution in [-0.4, -0.2) is 19.0 Å². The molecule has 0 atom stereocenters. The Morgan fingerprint density at radius 1 is 1.10 bits per heavy atom. The van der Waals surface area contributed by atoms with Crippen molar-refractivity contribution in [2.45, 2.75) is 25.1 Å². The van der Waals surface area contributed by atoms with Crippen LogP contribution in [0.5, 0.6) is 5.75 Å². The third-order valence-electron chi connectivity index (χ3n) is 2.36. The van der Waals surface area contributed by atoms with Gasteiger partial charge in [0.1, 0.15) is 5.75 Å². The summed E-state index contributed by atoms with van der Waals surface area (Å²) in [4.78, 5) is 0. The Morgan fingerprint density at radius 2 is 1.70 bits per heavy atom. The Bertz CT molecular complexity index is 459. The molecule has 0 bridgehead atoms. The fraction of sp³-hybridized carbons (Fsp3) is 0.455. The van der Waals surface area contributed by atoms with Gasteiger partial charge in [-0.2, -0.15) is 22.0 Å². The van der Waals surface area contributed by atoms with E-state index in [1.165, 1.54) is 0 Å². The lowest BCUT2D eigenvalue weighted by atomic mass is 10.1. The van der Waals surface area contributed by atoms with E-state index in [-0.39, 0.29) is 5.56 Å². The lowest BCUT2D eigenvalue weighted by Crippen LogP contribution is -2.33. The first-order valence-corrected chi connectivity index (χ1v) is 5.27. The zero-order chi connectivity index (χ0) is 15.6. The second kappa shape index (κ2) is 5.86. The van der Waals surface area contributed by atoms with Gasteiger partial charge in [0, 0.05) is 6.54 Å². The molecule has 0 fully saturated rings. The van der Waals surface area contributed by atoms with E-state index in [2.05, 4.69) is 4.74 Å². The van der Waals surface area contributed by atoms with Crippen LogP contribution in [0.3, 0.4) is 0 Å². The van der Waals surface area contributed by atoms with Crippen LogP contribution in [0.4, 0.5) is 30.7 Å². The summed E-state index contributed by atoms with van der Waals surface area (Å²) in [5.74, 6) is -5.03. The quantitative estimate of drug-likeness (QED) is 0.846. The Balaban J connectivity index is 2.94. The van der Waals surface area contributed by atoms with Crippen molar-refractivity contribution in [1.82, 2.24) is 0 Å². The monoisotopic (exact) mass is 305 g/mol. The van der Waals surface area contributed by atoms with Crippen molar-refractivity contribution in [3.05, 3.63) is 29.3 Å². The molecule has 0 saturated heterocycles. The molecule has 1 aromatic rings. The summed E-state index contributed by atoms with van der Waals surface area (Å²) >= 11 is 0. The van der Waals surface area contributed by atoms with Crippen LogP contribution in [0.2, 0.25) is 0 Å².